The molecule has 0 amide bonds. The summed E-state index contributed by atoms with van der Waals surface area (Å²) in [4.78, 5) is 13.5. The van der Waals surface area contributed by atoms with Gasteiger partial charge in [-0.2, -0.15) is 13.2 Å². The van der Waals surface area contributed by atoms with E-state index in [2.05, 4.69) is 31.9 Å². The lowest BCUT2D eigenvalue weighted by molar-refractivity contribution is -0.138. The molecule has 0 aliphatic rings. The minimum absolute atomic E-state index is 0.0225. The summed E-state index contributed by atoms with van der Waals surface area (Å²) in [5.41, 5.74) is -0.829. The molecule has 0 aliphatic carbocycles. The maximum Gasteiger partial charge on any atom is 0.417 e. The van der Waals surface area contributed by atoms with Gasteiger partial charge < -0.3 is 0 Å². The minimum atomic E-state index is -4.50. The van der Waals surface area contributed by atoms with Crippen molar-refractivity contribution in [1.82, 2.24) is 0 Å². The van der Waals surface area contributed by atoms with E-state index in [1.165, 1.54) is 23.5 Å². The van der Waals surface area contributed by atoms with Crippen molar-refractivity contribution in [2.24, 2.45) is 0 Å². The van der Waals surface area contributed by atoms with Gasteiger partial charge in [0.25, 0.3) is 0 Å². The number of carbonyl (C=O) groups is 1. The first-order valence-electron chi connectivity index (χ1n) is 5.37. The molecule has 20 heavy (non-hydrogen) atoms. The minimum Gasteiger partial charge on any atom is -0.288 e. The van der Waals surface area contributed by atoms with Gasteiger partial charge in [0.05, 0.1) is 10.4 Å². The van der Waals surface area contributed by atoms with Crippen molar-refractivity contribution < 1.29 is 18.0 Å². The zero-order chi connectivity index (χ0) is 15.1. The molecular formula is C13H7Br2F3OS. The van der Waals surface area contributed by atoms with Gasteiger partial charge in [0.2, 0.25) is 5.78 Å². The Labute approximate surface area is 134 Å². The molecule has 2 aromatic rings. The highest BCUT2D eigenvalue weighted by Gasteiger charge is 2.33. The van der Waals surface area contributed by atoms with Crippen LogP contribution in [0.25, 0.3) is 0 Å². The second kappa shape index (κ2) is 5.61. The highest BCUT2D eigenvalue weighted by molar-refractivity contribution is 9.10. The molecule has 0 bridgehead atoms. The molecule has 0 unspecified atom stereocenters. The number of benzene rings is 1. The Balaban J connectivity index is 2.46. The number of hydrogen-bond donors (Lipinski definition) is 0. The third kappa shape index (κ3) is 3.15. The number of ketones is 1. The summed E-state index contributed by atoms with van der Waals surface area (Å²) >= 11 is 7.38. The van der Waals surface area contributed by atoms with Crippen LogP contribution in [0.2, 0.25) is 0 Å². The summed E-state index contributed by atoms with van der Waals surface area (Å²) in [6, 6.07) is 5.11. The smallest absolute Gasteiger partial charge is 0.288 e. The van der Waals surface area contributed by atoms with Crippen LogP contribution >= 0.6 is 43.2 Å². The van der Waals surface area contributed by atoms with Crippen LogP contribution in [0.1, 0.15) is 25.7 Å². The molecule has 0 N–H and O–H groups in total. The van der Waals surface area contributed by atoms with Crippen molar-refractivity contribution in [1.29, 1.82) is 0 Å². The van der Waals surface area contributed by atoms with Gasteiger partial charge in [0.1, 0.15) is 0 Å². The monoisotopic (exact) mass is 426 g/mol. The molecular weight excluding hydrogens is 421 g/mol. The van der Waals surface area contributed by atoms with Gasteiger partial charge in [0.15, 0.2) is 0 Å². The van der Waals surface area contributed by atoms with Gasteiger partial charge in [-0.05, 0) is 47.1 Å². The standard InChI is InChI=1S/C13H7Br2F3OS/c1-6-10(15)5-11(20-6)12(19)7-2-3-9(14)8(4-7)13(16,17)18/h2-5H,1H3. The van der Waals surface area contributed by atoms with E-state index < -0.39 is 17.5 Å². The van der Waals surface area contributed by atoms with Gasteiger partial charge in [-0.25, -0.2) is 0 Å². The number of aryl methyl sites for hydroxylation is 1. The van der Waals surface area contributed by atoms with Crippen molar-refractivity contribution in [2.75, 3.05) is 0 Å². The summed E-state index contributed by atoms with van der Waals surface area (Å²) in [6.07, 6.45) is -4.50. The fourth-order valence-electron chi connectivity index (χ4n) is 1.60. The molecule has 0 aliphatic heterocycles. The normalized spacial score (nSPS) is 11.7. The Kier molecular flexibility index (Phi) is 4.41. The molecule has 0 saturated carbocycles. The number of thiophene rings is 1. The van der Waals surface area contributed by atoms with Crippen molar-refractivity contribution in [3.63, 3.8) is 0 Å². The van der Waals surface area contributed by atoms with E-state index in [-0.39, 0.29) is 10.0 Å². The highest BCUT2D eigenvalue weighted by Crippen LogP contribution is 2.36. The van der Waals surface area contributed by atoms with E-state index in [0.717, 1.165) is 15.4 Å². The van der Waals surface area contributed by atoms with Crippen LogP contribution < -0.4 is 0 Å². The Bertz CT molecular complexity index is 657. The van der Waals surface area contributed by atoms with Crippen LogP contribution in [-0.2, 0) is 6.18 Å². The molecule has 1 heterocycles. The molecule has 0 fully saturated rings. The van der Waals surface area contributed by atoms with Crippen LogP contribution in [0, 0.1) is 6.92 Å². The number of hydrogen-bond acceptors (Lipinski definition) is 2. The first-order valence-corrected chi connectivity index (χ1v) is 7.78. The molecule has 106 valence electrons. The lowest BCUT2D eigenvalue weighted by Crippen LogP contribution is -2.08. The van der Waals surface area contributed by atoms with Crippen LogP contribution in [-0.4, -0.2) is 5.78 Å². The first-order chi connectivity index (χ1) is 9.20. The van der Waals surface area contributed by atoms with Gasteiger partial charge in [-0.3, -0.25) is 4.79 Å². The molecule has 1 aromatic carbocycles. The zero-order valence-electron chi connectivity index (χ0n) is 10.0. The van der Waals surface area contributed by atoms with Crippen LogP contribution in [0.15, 0.2) is 33.2 Å². The Morgan fingerprint density at radius 2 is 1.80 bits per heavy atom. The van der Waals surface area contributed by atoms with Crippen molar-refractivity contribution in [3.8, 4) is 0 Å². The van der Waals surface area contributed by atoms with Crippen LogP contribution in [0.5, 0.6) is 0 Å². The van der Waals surface area contributed by atoms with Crippen molar-refractivity contribution in [2.45, 2.75) is 13.1 Å². The van der Waals surface area contributed by atoms with Crippen LogP contribution in [0.4, 0.5) is 13.2 Å². The summed E-state index contributed by atoms with van der Waals surface area (Å²) in [6.45, 7) is 1.83. The molecule has 0 radical (unpaired) electrons. The number of halogens is 5. The molecule has 7 heteroatoms. The second-order valence-electron chi connectivity index (χ2n) is 4.04. The maximum absolute atomic E-state index is 12.8. The molecule has 0 spiro atoms. The Morgan fingerprint density at radius 1 is 1.15 bits per heavy atom. The van der Waals surface area contributed by atoms with E-state index in [4.69, 9.17) is 0 Å². The fraction of sp³-hybridized carbons (Fsp3) is 0.154. The predicted molar refractivity (Wildman–Crippen MR) is 79.3 cm³/mol. The predicted octanol–water partition coefficient (Wildman–Crippen LogP) is 5.83. The van der Waals surface area contributed by atoms with E-state index in [1.807, 2.05) is 6.92 Å². The largest absolute Gasteiger partial charge is 0.417 e. The van der Waals surface area contributed by atoms with Crippen molar-refractivity contribution in [3.05, 3.63) is 54.1 Å². The molecule has 1 aromatic heterocycles. The molecule has 0 atom stereocenters. The summed E-state index contributed by atoms with van der Waals surface area (Å²) in [5, 5.41) is 0. The first kappa shape index (κ1) is 15.7. The number of alkyl halides is 3. The topological polar surface area (TPSA) is 17.1 Å². The molecule has 0 saturated heterocycles. The van der Waals surface area contributed by atoms with E-state index in [0.29, 0.717) is 4.88 Å². The van der Waals surface area contributed by atoms with Gasteiger partial charge in [-0.1, -0.05) is 15.9 Å². The average molecular weight is 428 g/mol. The van der Waals surface area contributed by atoms with Crippen molar-refractivity contribution >= 4 is 49.0 Å². The van der Waals surface area contributed by atoms with E-state index in [9.17, 15) is 18.0 Å². The summed E-state index contributed by atoms with van der Waals surface area (Å²) in [5.74, 6) is -0.415. The van der Waals surface area contributed by atoms with Gasteiger partial charge in [0, 0.05) is 19.4 Å². The molecule has 2 rings (SSSR count). The third-order valence-corrected chi connectivity index (χ3v) is 5.44. The summed E-state index contributed by atoms with van der Waals surface area (Å²) < 4.78 is 39.1. The van der Waals surface area contributed by atoms with E-state index in [1.54, 1.807) is 6.07 Å². The zero-order valence-corrected chi connectivity index (χ0v) is 14.0. The number of carbonyl (C=O) groups excluding carboxylic acids is 1. The Hall–Kier alpha value is -0.660. The van der Waals surface area contributed by atoms with E-state index >= 15 is 0 Å². The van der Waals surface area contributed by atoms with Gasteiger partial charge in [-0.15, -0.1) is 11.3 Å². The highest BCUT2D eigenvalue weighted by atomic mass is 79.9. The quantitative estimate of drug-likeness (QED) is 0.551. The lowest BCUT2D eigenvalue weighted by Gasteiger charge is -2.10. The third-order valence-electron chi connectivity index (χ3n) is 2.61. The molecule has 1 nitrogen and oxygen atoms in total. The fourth-order valence-corrected chi connectivity index (χ4v) is 3.57. The lowest BCUT2D eigenvalue weighted by atomic mass is 10.1. The summed E-state index contributed by atoms with van der Waals surface area (Å²) in [7, 11) is 0. The second-order valence-corrected chi connectivity index (χ2v) is 7.00. The number of rotatable bonds is 2. The Morgan fingerprint density at radius 3 is 2.30 bits per heavy atom. The average Bonchev–Trinajstić information content (AvgIpc) is 2.68. The SMILES string of the molecule is Cc1sc(C(=O)c2ccc(Br)c(C(F)(F)F)c2)cc1Br. The van der Waals surface area contributed by atoms with Gasteiger partial charge >= 0.3 is 6.18 Å². The maximum atomic E-state index is 12.8. The van der Waals surface area contributed by atoms with Crippen LogP contribution in [0.3, 0.4) is 0 Å².